The highest BCUT2D eigenvalue weighted by Gasteiger charge is 2.15. The van der Waals surface area contributed by atoms with Crippen molar-refractivity contribution in [3.63, 3.8) is 0 Å². The molecule has 0 aliphatic carbocycles. The van der Waals surface area contributed by atoms with Crippen LogP contribution in [0.15, 0.2) is 54.6 Å². The maximum absolute atomic E-state index is 11.4. The lowest BCUT2D eigenvalue weighted by Crippen LogP contribution is -2.39. The molecule has 0 aromatic heterocycles. The minimum absolute atomic E-state index is 0.227. The van der Waals surface area contributed by atoms with Gasteiger partial charge >= 0.3 is 5.97 Å². The summed E-state index contributed by atoms with van der Waals surface area (Å²) in [6.45, 7) is 4.28. The molecule has 0 aliphatic rings. The summed E-state index contributed by atoms with van der Waals surface area (Å²) in [5.74, 6) is -0.00594. The fourth-order valence-corrected chi connectivity index (χ4v) is 2.73. The number of nitrogens with one attached hydrogen (secondary N) is 1. The second-order valence-electron chi connectivity index (χ2n) is 6.76. The highest BCUT2D eigenvalue weighted by atomic mass is 16.6. The molecule has 2 rings (SSSR count). The van der Waals surface area contributed by atoms with Crippen molar-refractivity contribution >= 4 is 11.9 Å². The molecule has 28 heavy (non-hydrogen) atoms. The van der Waals surface area contributed by atoms with Gasteiger partial charge < -0.3 is 20.5 Å². The summed E-state index contributed by atoms with van der Waals surface area (Å²) in [4.78, 5) is 22.5. The van der Waals surface area contributed by atoms with E-state index in [-0.39, 0.29) is 24.7 Å². The second kappa shape index (κ2) is 11.1. The van der Waals surface area contributed by atoms with Crippen molar-refractivity contribution in [1.82, 2.24) is 5.32 Å². The fourth-order valence-electron chi connectivity index (χ4n) is 2.73. The Balaban J connectivity index is 1.77. The van der Waals surface area contributed by atoms with Crippen molar-refractivity contribution in [1.29, 1.82) is 0 Å². The summed E-state index contributed by atoms with van der Waals surface area (Å²) < 4.78 is 11.1. The summed E-state index contributed by atoms with van der Waals surface area (Å²) in [6, 6.07) is 17.0. The lowest BCUT2D eigenvalue weighted by molar-refractivity contribution is -0.147. The van der Waals surface area contributed by atoms with E-state index in [1.807, 2.05) is 42.5 Å². The van der Waals surface area contributed by atoms with Crippen LogP contribution in [0.4, 0.5) is 0 Å². The van der Waals surface area contributed by atoms with Gasteiger partial charge in [0, 0.05) is 25.1 Å². The molecular formula is C22H28N2O4. The van der Waals surface area contributed by atoms with E-state index >= 15 is 0 Å². The van der Waals surface area contributed by atoms with E-state index in [4.69, 9.17) is 15.2 Å². The average Bonchev–Trinajstić information content (AvgIpc) is 2.69. The Morgan fingerprint density at radius 3 is 2.36 bits per heavy atom. The quantitative estimate of drug-likeness (QED) is 0.581. The zero-order chi connectivity index (χ0) is 20.4. The third-order valence-corrected chi connectivity index (χ3v) is 4.31. The number of ether oxygens (including phenoxy) is 2. The number of para-hydroxylation sites is 1. The van der Waals surface area contributed by atoms with Crippen LogP contribution in [0.25, 0.3) is 0 Å². The minimum Gasteiger partial charge on any atom is -0.490 e. The maximum Gasteiger partial charge on any atom is 0.303 e. The van der Waals surface area contributed by atoms with Gasteiger partial charge in [-0.05, 0) is 49.6 Å². The Bertz CT molecular complexity index is 747. The lowest BCUT2D eigenvalue weighted by Gasteiger charge is -2.21. The Kier molecular flexibility index (Phi) is 8.49. The van der Waals surface area contributed by atoms with Gasteiger partial charge in [0.2, 0.25) is 5.91 Å². The minimum atomic E-state index is -0.421. The molecule has 6 heteroatoms. The van der Waals surface area contributed by atoms with Crippen LogP contribution in [0.2, 0.25) is 0 Å². The van der Waals surface area contributed by atoms with Crippen LogP contribution in [0.3, 0.4) is 0 Å². The largest absolute Gasteiger partial charge is 0.490 e. The number of benzene rings is 2. The first-order valence-corrected chi connectivity index (χ1v) is 9.41. The van der Waals surface area contributed by atoms with Crippen LogP contribution in [-0.4, -0.2) is 37.2 Å². The van der Waals surface area contributed by atoms with Crippen LogP contribution in [-0.2, 0) is 16.0 Å². The molecule has 0 aliphatic heterocycles. The van der Waals surface area contributed by atoms with E-state index < -0.39 is 5.91 Å². The number of carbonyl (C=O) groups excluding carboxylic acids is 2. The van der Waals surface area contributed by atoms with Crippen molar-refractivity contribution in [2.75, 3.05) is 13.2 Å². The van der Waals surface area contributed by atoms with E-state index in [2.05, 4.69) is 12.2 Å². The monoisotopic (exact) mass is 384 g/mol. The molecule has 3 N–H and O–H groups in total. The number of esters is 1. The van der Waals surface area contributed by atoms with Crippen molar-refractivity contribution in [2.24, 2.45) is 5.73 Å². The summed E-state index contributed by atoms with van der Waals surface area (Å²) in [7, 11) is 0. The van der Waals surface area contributed by atoms with E-state index in [0.717, 1.165) is 24.2 Å². The first-order valence-electron chi connectivity index (χ1n) is 9.41. The predicted octanol–water partition coefficient (Wildman–Crippen LogP) is 2.71. The number of hydrogen-bond donors (Lipinski definition) is 2. The summed E-state index contributed by atoms with van der Waals surface area (Å²) in [5.41, 5.74) is 6.91. The van der Waals surface area contributed by atoms with Crippen molar-refractivity contribution < 1.29 is 19.1 Å². The summed E-state index contributed by atoms with van der Waals surface area (Å²) in [6.07, 6.45) is 1.41. The van der Waals surface area contributed by atoms with Gasteiger partial charge in [-0.3, -0.25) is 9.59 Å². The van der Waals surface area contributed by atoms with Crippen molar-refractivity contribution in [3.05, 3.63) is 65.7 Å². The zero-order valence-corrected chi connectivity index (χ0v) is 16.4. The van der Waals surface area contributed by atoms with E-state index in [1.165, 1.54) is 6.92 Å². The van der Waals surface area contributed by atoms with Gasteiger partial charge in [0.05, 0.1) is 0 Å². The number of primary amides is 1. The molecule has 6 nitrogen and oxygen atoms in total. The fraction of sp³-hybridized carbons (Fsp3) is 0.364. The third kappa shape index (κ3) is 7.80. The number of nitrogens with two attached hydrogens (primary N) is 1. The normalized spacial score (nSPS) is 12.8. The Morgan fingerprint density at radius 2 is 1.75 bits per heavy atom. The first-order chi connectivity index (χ1) is 13.4. The Morgan fingerprint density at radius 1 is 1.07 bits per heavy atom. The molecule has 0 spiro atoms. The molecule has 2 aromatic carbocycles. The molecule has 0 heterocycles. The van der Waals surface area contributed by atoms with E-state index in [0.29, 0.717) is 12.1 Å². The highest BCUT2D eigenvalue weighted by molar-refractivity contribution is 5.92. The van der Waals surface area contributed by atoms with Crippen LogP contribution < -0.4 is 15.8 Å². The summed E-state index contributed by atoms with van der Waals surface area (Å²) in [5, 5.41) is 3.39. The molecule has 2 atom stereocenters. The molecular weight excluding hydrogens is 356 g/mol. The number of aryl methyl sites for hydroxylation is 1. The van der Waals surface area contributed by atoms with Crippen LogP contribution >= 0.6 is 0 Å². The molecule has 0 radical (unpaired) electrons. The predicted molar refractivity (Wildman–Crippen MR) is 108 cm³/mol. The van der Waals surface area contributed by atoms with Crippen LogP contribution in [0.5, 0.6) is 5.75 Å². The molecule has 1 amide bonds. The van der Waals surface area contributed by atoms with Crippen molar-refractivity contribution in [2.45, 2.75) is 38.8 Å². The van der Waals surface area contributed by atoms with Gasteiger partial charge in [0.15, 0.2) is 0 Å². The van der Waals surface area contributed by atoms with Gasteiger partial charge in [0.25, 0.3) is 0 Å². The molecule has 0 fully saturated rings. The van der Waals surface area contributed by atoms with E-state index in [9.17, 15) is 9.59 Å². The molecule has 0 saturated heterocycles. The zero-order valence-electron chi connectivity index (χ0n) is 16.4. The Labute approximate surface area is 166 Å². The van der Waals surface area contributed by atoms with Gasteiger partial charge in [-0.1, -0.05) is 30.3 Å². The molecule has 2 aromatic rings. The standard InChI is InChI=1S/C22H28N2O4/c1-16(8-9-18-10-12-19(13-11-18)22(23)26)24-14-21(28-17(2)25)15-27-20-6-4-3-5-7-20/h3-7,10-13,16,21,24H,8-9,14-15H2,1-2H3,(H2,23,26)/t16-,21?/m1/s1. The molecule has 150 valence electrons. The second-order valence-corrected chi connectivity index (χ2v) is 6.76. The molecule has 0 bridgehead atoms. The summed E-state index contributed by atoms with van der Waals surface area (Å²) >= 11 is 0. The van der Waals surface area contributed by atoms with Gasteiger partial charge in [-0.25, -0.2) is 0 Å². The topological polar surface area (TPSA) is 90.6 Å². The van der Waals surface area contributed by atoms with E-state index in [1.54, 1.807) is 12.1 Å². The van der Waals surface area contributed by atoms with Crippen molar-refractivity contribution in [3.8, 4) is 5.75 Å². The van der Waals surface area contributed by atoms with Crippen LogP contribution in [0.1, 0.15) is 36.2 Å². The molecule has 1 unspecified atom stereocenters. The first kappa shape index (κ1) is 21.4. The number of hydrogen-bond acceptors (Lipinski definition) is 5. The maximum atomic E-state index is 11.4. The van der Waals surface area contributed by atoms with Gasteiger partial charge in [0.1, 0.15) is 18.5 Å². The average molecular weight is 384 g/mol. The Hall–Kier alpha value is -2.86. The third-order valence-electron chi connectivity index (χ3n) is 4.31. The highest BCUT2D eigenvalue weighted by Crippen LogP contribution is 2.10. The number of carbonyl (C=O) groups is 2. The number of amides is 1. The lowest BCUT2D eigenvalue weighted by atomic mass is 10.0. The smallest absolute Gasteiger partial charge is 0.303 e. The molecule has 0 saturated carbocycles. The van der Waals surface area contributed by atoms with Crippen LogP contribution in [0, 0.1) is 0 Å². The number of rotatable bonds is 11. The van der Waals surface area contributed by atoms with Gasteiger partial charge in [-0.2, -0.15) is 0 Å². The van der Waals surface area contributed by atoms with Gasteiger partial charge in [-0.15, -0.1) is 0 Å². The SMILES string of the molecule is CC(=O)OC(CN[C@H](C)CCc1ccc(C(N)=O)cc1)COc1ccccc1.